The number of hydrogen-bond donors (Lipinski definition) is 0. The zero-order valence-corrected chi connectivity index (χ0v) is 13.2. The molecule has 2 heterocycles. The first-order valence-electron chi connectivity index (χ1n) is 7.67. The van der Waals surface area contributed by atoms with Crippen molar-refractivity contribution in [3.63, 3.8) is 0 Å². The number of aryl methyl sites for hydroxylation is 1. The Morgan fingerprint density at radius 3 is 2.36 bits per heavy atom. The van der Waals surface area contributed by atoms with Crippen LogP contribution in [0.1, 0.15) is 25.0 Å². The predicted molar refractivity (Wildman–Crippen MR) is 88.7 cm³/mol. The van der Waals surface area contributed by atoms with Crippen LogP contribution in [-0.4, -0.2) is 14.8 Å². The standard InChI is InChI=1S/C19H19N3/c1-13-8-10-14(11-9-13)17-20-21-18-16-7-5-4-6-15(16)12-19(2,3)22(17)18/h4-11H,12H2,1-3H3. The fraction of sp³-hybridized carbons (Fsp3) is 0.263. The summed E-state index contributed by atoms with van der Waals surface area (Å²) in [6, 6.07) is 17.0. The molecular weight excluding hydrogens is 270 g/mol. The van der Waals surface area contributed by atoms with Gasteiger partial charge in [0.25, 0.3) is 0 Å². The van der Waals surface area contributed by atoms with Crippen molar-refractivity contribution in [3.8, 4) is 22.8 Å². The summed E-state index contributed by atoms with van der Waals surface area (Å²) in [7, 11) is 0. The van der Waals surface area contributed by atoms with Crippen molar-refractivity contribution >= 4 is 0 Å². The summed E-state index contributed by atoms with van der Waals surface area (Å²) in [5.74, 6) is 1.93. The molecule has 0 unspecified atom stereocenters. The summed E-state index contributed by atoms with van der Waals surface area (Å²) in [6.45, 7) is 6.62. The Labute approximate surface area is 130 Å². The highest BCUT2D eigenvalue weighted by molar-refractivity contribution is 5.68. The lowest BCUT2D eigenvalue weighted by Crippen LogP contribution is -2.33. The lowest BCUT2D eigenvalue weighted by atomic mass is 9.87. The van der Waals surface area contributed by atoms with E-state index in [-0.39, 0.29) is 5.54 Å². The van der Waals surface area contributed by atoms with E-state index in [2.05, 4.69) is 84.1 Å². The lowest BCUT2D eigenvalue weighted by molar-refractivity contribution is 0.351. The van der Waals surface area contributed by atoms with Crippen molar-refractivity contribution in [3.05, 3.63) is 59.7 Å². The maximum Gasteiger partial charge on any atom is 0.165 e. The van der Waals surface area contributed by atoms with Crippen molar-refractivity contribution in [1.82, 2.24) is 14.8 Å². The van der Waals surface area contributed by atoms with E-state index in [0.29, 0.717) is 0 Å². The number of hydrogen-bond acceptors (Lipinski definition) is 2. The quantitative estimate of drug-likeness (QED) is 0.672. The summed E-state index contributed by atoms with van der Waals surface area (Å²) in [6.07, 6.45) is 0.993. The van der Waals surface area contributed by atoms with Crippen molar-refractivity contribution < 1.29 is 0 Å². The van der Waals surface area contributed by atoms with Crippen LogP contribution in [-0.2, 0) is 12.0 Å². The summed E-state index contributed by atoms with van der Waals surface area (Å²) in [5, 5.41) is 9.01. The molecule has 0 bridgehead atoms. The average Bonchev–Trinajstić information content (AvgIpc) is 2.94. The van der Waals surface area contributed by atoms with E-state index in [1.807, 2.05) is 0 Å². The third kappa shape index (κ3) is 1.89. The second-order valence-corrected chi connectivity index (χ2v) is 6.70. The lowest BCUT2D eigenvalue weighted by Gasteiger charge is -2.34. The molecule has 0 saturated carbocycles. The zero-order valence-electron chi connectivity index (χ0n) is 13.2. The smallest absolute Gasteiger partial charge is 0.165 e. The fourth-order valence-electron chi connectivity index (χ4n) is 3.36. The van der Waals surface area contributed by atoms with E-state index in [4.69, 9.17) is 0 Å². The van der Waals surface area contributed by atoms with Gasteiger partial charge in [0.1, 0.15) is 0 Å². The molecule has 3 heteroatoms. The second kappa shape index (κ2) is 4.54. The number of benzene rings is 2. The molecule has 3 nitrogen and oxygen atoms in total. The largest absolute Gasteiger partial charge is 0.301 e. The van der Waals surface area contributed by atoms with Crippen LogP contribution >= 0.6 is 0 Å². The van der Waals surface area contributed by atoms with Gasteiger partial charge in [-0.2, -0.15) is 0 Å². The predicted octanol–water partition coefficient (Wildman–Crippen LogP) is 4.21. The van der Waals surface area contributed by atoms with Crippen LogP contribution in [0.2, 0.25) is 0 Å². The van der Waals surface area contributed by atoms with E-state index in [0.717, 1.165) is 23.6 Å². The van der Waals surface area contributed by atoms with Gasteiger partial charge in [-0.15, -0.1) is 10.2 Å². The van der Waals surface area contributed by atoms with E-state index < -0.39 is 0 Å². The fourth-order valence-corrected chi connectivity index (χ4v) is 3.36. The molecule has 1 aromatic heterocycles. The molecular formula is C19H19N3. The Morgan fingerprint density at radius 2 is 1.59 bits per heavy atom. The molecule has 0 atom stereocenters. The summed E-state index contributed by atoms with van der Waals surface area (Å²) in [5.41, 5.74) is 4.90. The summed E-state index contributed by atoms with van der Waals surface area (Å²) in [4.78, 5) is 0. The van der Waals surface area contributed by atoms with Gasteiger partial charge in [0.2, 0.25) is 0 Å². The molecule has 0 N–H and O–H groups in total. The molecule has 3 aromatic rings. The summed E-state index contributed by atoms with van der Waals surface area (Å²) >= 11 is 0. The molecule has 2 aromatic carbocycles. The third-order valence-corrected chi connectivity index (χ3v) is 4.46. The van der Waals surface area contributed by atoms with Gasteiger partial charge in [-0.05, 0) is 32.8 Å². The van der Waals surface area contributed by atoms with Crippen molar-refractivity contribution in [2.24, 2.45) is 0 Å². The first-order valence-corrected chi connectivity index (χ1v) is 7.67. The molecule has 110 valence electrons. The monoisotopic (exact) mass is 289 g/mol. The Morgan fingerprint density at radius 1 is 0.909 bits per heavy atom. The maximum absolute atomic E-state index is 4.51. The van der Waals surface area contributed by atoms with Crippen LogP contribution in [0.15, 0.2) is 48.5 Å². The summed E-state index contributed by atoms with van der Waals surface area (Å²) < 4.78 is 2.29. The van der Waals surface area contributed by atoms with E-state index in [1.54, 1.807) is 0 Å². The van der Waals surface area contributed by atoms with Crippen LogP contribution in [0.4, 0.5) is 0 Å². The number of aromatic nitrogens is 3. The molecule has 1 aliphatic rings. The van der Waals surface area contributed by atoms with Crippen LogP contribution < -0.4 is 0 Å². The molecule has 1 aliphatic heterocycles. The van der Waals surface area contributed by atoms with Gasteiger partial charge < -0.3 is 4.57 Å². The zero-order chi connectivity index (χ0) is 15.3. The third-order valence-electron chi connectivity index (χ3n) is 4.46. The van der Waals surface area contributed by atoms with Gasteiger partial charge in [0.05, 0.1) is 0 Å². The van der Waals surface area contributed by atoms with Crippen LogP contribution in [0.3, 0.4) is 0 Å². The topological polar surface area (TPSA) is 30.7 Å². The van der Waals surface area contributed by atoms with Gasteiger partial charge in [0, 0.05) is 16.7 Å². The van der Waals surface area contributed by atoms with Gasteiger partial charge in [-0.25, -0.2) is 0 Å². The van der Waals surface area contributed by atoms with Crippen LogP contribution in [0.25, 0.3) is 22.8 Å². The van der Waals surface area contributed by atoms with Crippen LogP contribution in [0.5, 0.6) is 0 Å². The van der Waals surface area contributed by atoms with Crippen molar-refractivity contribution in [2.45, 2.75) is 32.7 Å². The van der Waals surface area contributed by atoms with Gasteiger partial charge in [-0.1, -0.05) is 54.1 Å². The maximum atomic E-state index is 4.51. The first-order chi connectivity index (χ1) is 10.6. The molecule has 0 spiro atoms. The molecule has 0 aliphatic carbocycles. The second-order valence-electron chi connectivity index (χ2n) is 6.70. The minimum atomic E-state index is -0.0343. The van der Waals surface area contributed by atoms with Gasteiger partial charge in [0.15, 0.2) is 11.6 Å². The SMILES string of the molecule is Cc1ccc(-c2nnc3n2C(C)(C)Cc2ccccc2-3)cc1. The highest BCUT2D eigenvalue weighted by Gasteiger charge is 2.34. The van der Waals surface area contributed by atoms with Gasteiger partial charge >= 0.3 is 0 Å². The molecule has 0 saturated heterocycles. The minimum Gasteiger partial charge on any atom is -0.301 e. The van der Waals surface area contributed by atoms with E-state index in [1.165, 1.54) is 16.7 Å². The molecule has 22 heavy (non-hydrogen) atoms. The Kier molecular flexibility index (Phi) is 2.73. The molecule has 4 rings (SSSR count). The number of nitrogens with zero attached hydrogens (tertiary/aromatic N) is 3. The number of fused-ring (bicyclic) bond motifs is 3. The minimum absolute atomic E-state index is 0.0343. The first kappa shape index (κ1) is 13.3. The Hall–Kier alpha value is -2.42. The average molecular weight is 289 g/mol. The Balaban J connectivity index is 1.96. The van der Waals surface area contributed by atoms with E-state index >= 15 is 0 Å². The van der Waals surface area contributed by atoms with E-state index in [9.17, 15) is 0 Å². The van der Waals surface area contributed by atoms with Gasteiger partial charge in [-0.3, -0.25) is 0 Å². The van der Waals surface area contributed by atoms with Crippen molar-refractivity contribution in [1.29, 1.82) is 0 Å². The highest BCUT2D eigenvalue weighted by Crippen LogP contribution is 2.39. The number of rotatable bonds is 1. The Bertz CT molecular complexity index is 841. The van der Waals surface area contributed by atoms with Crippen LogP contribution in [0, 0.1) is 6.92 Å². The normalized spacial score (nSPS) is 15.2. The molecule has 0 amide bonds. The highest BCUT2D eigenvalue weighted by atomic mass is 15.3. The van der Waals surface area contributed by atoms with Crippen molar-refractivity contribution in [2.75, 3.05) is 0 Å². The molecule has 0 radical (unpaired) electrons. The molecule has 0 fully saturated rings.